The van der Waals surface area contributed by atoms with E-state index in [9.17, 15) is 9.18 Å². The molecule has 0 aliphatic heterocycles. The van der Waals surface area contributed by atoms with Crippen LogP contribution in [0.5, 0.6) is 0 Å². The van der Waals surface area contributed by atoms with Gasteiger partial charge >= 0.3 is 0 Å². The highest BCUT2D eigenvalue weighted by Crippen LogP contribution is 2.18. The highest BCUT2D eigenvalue weighted by Gasteiger charge is 2.14. The second-order valence-electron chi connectivity index (χ2n) is 3.25. The molecule has 0 aliphatic carbocycles. The van der Waals surface area contributed by atoms with Crippen LogP contribution in [-0.2, 0) is 6.54 Å². The van der Waals surface area contributed by atoms with Crippen molar-refractivity contribution in [1.29, 1.82) is 0 Å². The van der Waals surface area contributed by atoms with Crippen LogP contribution in [0, 0.1) is 5.82 Å². The van der Waals surface area contributed by atoms with Gasteiger partial charge in [0.1, 0.15) is 4.60 Å². The highest BCUT2D eigenvalue weighted by molar-refractivity contribution is 9.10. The van der Waals surface area contributed by atoms with Crippen molar-refractivity contribution < 1.29 is 9.18 Å². The molecule has 0 saturated heterocycles. The Kier molecular flexibility index (Phi) is 3.14. The molecular formula is C11H8BrFN2O. The Balaban J connectivity index is 2.32. The van der Waals surface area contributed by atoms with E-state index in [0.29, 0.717) is 12.8 Å². The first-order chi connectivity index (χ1) is 7.72. The number of nitrogens with zero attached hydrogens (tertiary/aromatic N) is 2. The van der Waals surface area contributed by atoms with Crippen molar-refractivity contribution in [1.82, 2.24) is 9.78 Å². The number of hydrogen-bond donors (Lipinski definition) is 0. The maximum absolute atomic E-state index is 13.4. The quantitative estimate of drug-likeness (QED) is 0.812. The van der Waals surface area contributed by atoms with Crippen LogP contribution in [0.15, 0.2) is 34.9 Å². The number of rotatable bonds is 3. The summed E-state index contributed by atoms with van der Waals surface area (Å²) in [6.07, 6.45) is 0.404. The summed E-state index contributed by atoms with van der Waals surface area (Å²) in [5, 5.41) is 3.85. The lowest BCUT2D eigenvalue weighted by atomic mass is 10.2. The van der Waals surface area contributed by atoms with Crippen molar-refractivity contribution in [2.45, 2.75) is 6.54 Å². The highest BCUT2D eigenvalue weighted by atomic mass is 79.9. The van der Waals surface area contributed by atoms with E-state index in [0.717, 1.165) is 5.56 Å². The summed E-state index contributed by atoms with van der Waals surface area (Å²) >= 11 is 3.07. The first kappa shape index (κ1) is 11.0. The van der Waals surface area contributed by atoms with Gasteiger partial charge in [-0.3, -0.25) is 9.48 Å². The minimum Gasteiger partial charge on any atom is -0.296 e. The largest absolute Gasteiger partial charge is 0.296 e. The van der Waals surface area contributed by atoms with Crippen molar-refractivity contribution in [3.05, 3.63) is 52.0 Å². The normalized spacial score (nSPS) is 10.4. The lowest BCUT2D eigenvalue weighted by Gasteiger charge is -2.02. The molecule has 1 aromatic heterocycles. The molecule has 2 aromatic rings. The smallest absolute Gasteiger partial charge is 0.186 e. The number of aldehydes is 1. The number of benzene rings is 1. The molecule has 0 fully saturated rings. The van der Waals surface area contributed by atoms with Crippen molar-refractivity contribution in [2.75, 3.05) is 0 Å². The molecule has 1 aromatic carbocycles. The van der Waals surface area contributed by atoms with E-state index in [1.165, 1.54) is 4.68 Å². The lowest BCUT2D eigenvalue weighted by molar-refractivity contribution is 0.111. The average molecular weight is 283 g/mol. The lowest BCUT2D eigenvalue weighted by Crippen LogP contribution is -2.02. The molecular weight excluding hydrogens is 275 g/mol. The van der Waals surface area contributed by atoms with E-state index in [2.05, 4.69) is 21.0 Å². The van der Waals surface area contributed by atoms with Crippen molar-refractivity contribution >= 4 is 22.2 Å². The van der Waals surface area contributed by atoms with E-state index in [1.54, 1.807) is 0 Å². The molecule has 1 heterocycles. The van der Waals surface area contributed by atoms with Crippen LogP contribution in [0.25, 0.3) is 0 Å². The molecule has 0 atom stereocenters. The summed E-state index contributed by atoms with van der Waals surface area (Å²) in [6, 6.07) is 9.51. The topological polar surface area (TPSA) is 34.9 Å². The SMILES string of the molecule is O=Cc1nn(Cc2ccccc2)c(Br)c1F. The van der Waals surface area contributed by atoms with Crippen molar-refractivity contribution in [3.8, 4) is 0 Å². The molecule has 2 rings (SSSR count). The van der Waals surface area contributed by atoms with Gasteiger partial charge < -0.3 is 0 Å². The third-order valence-corrected chi connectivity index (χ3v) is 2.91. The van der Waals surface area contributed by atoms with Gasteiger partial charge in [0.15, 0.2) is 17.8 Å². The van der Waals surface area contributed by atoms with E-state index >= 15 is 0 Å². The molecule has 82 valence electrons. The van der Waals surface area contributed by atoms with Gasteiger partial charge in [-0.25, -0.2) is 4.39 Å². The zero-order valence-electron chi connectivity index (χ0n) is 8.23. The van der Waals surface area contributed by atoms with E-state index in [-0.39, 0.29) is 10.3 Å². The molecule has 0 amide bonds. The van der Waals surface area contributed by atoms with E-state index < -0.39 is 5.82 Å². The summed E-state index contributed by atoms with van der Waals surface area (Å²) in [4.78, 5) is 10.5. The Bertz CT molecular complexity index is 510. The third kappa shape index (κ3) is 2.04. The van der Waals surface area contributed by atoms with Gasteiger partial charge in [0.05, 0.1) is 6.54 Å². The second-order valence-corrected chi connectivity index (χ2v) is 4.00. The van der Waals surface area contributed by atoms with Crippen molar-refractivity contribution in [2.24, 2.45) is 0 Å². The number of carbonyl (C=O) groups excluding carboxylic acids is 1. The molecule has 0 aliphatic rings. The monoisotopic (exact) mass is 282 g/mol. The minimum absolute atomic E-state index is 0.178. The molecule has 0 unspecified atom stereocenters. The van der Waals surface area contributed by atoms with Crippen LogP contribution >= 0.6 is 15.9 Å². The van der Waals surface area contributed by atoms with Gasteiger partial charge in [-0.15, -0.1) is 0 Å². The first-order valence-corrected chi connectivity index (χ1v) is 5.42. The molecule has 0 radical (unpaired) electrons. The Hall–Kier alpha value is -1.49. The Labute approximate surface area is 100 Å². The van der Waals surface area contributed by atoms with Crippen LogP contribution < -0.4 is 0 Å². The number of hydrogen-bond acceptors (Lipinski definition) is 2. The van der Waals surface area contributed by atoms with Gasteiger partial charge in [0.25, 0.3) is 0 Å². The zero-order chi connectivity index (χ0) is 11.5. The predicted octanol–water partition coefficient (Wildman–Crippen LogP) is 2.65. The summed E-state index contributed by atoms with van der Waals surface area (Å²) in [5.74, 6) is -0.620. The van der Waals surface area contributed by atoms with Gasteiger partial charge in [-0.1, -0.05) is 30.3 Å². The van der Waals surface area contributed by atoms with Crippen molar-refractivity contribution in [3.63, 3.8) is 0 Å². The Morgan fingerprint density at radius 2 is 2.06 bits per heavy atom. The molecule has 5 heteroatoms. The summed E-state index contributed by atoms with van der Waals surface area (Å²) < 4.78 is 15.0. The fourth-order valence-electron chi connectivity index (χ4n) is 1.37. The Morgan fingerprint density at radius 1 is 1.38 bits per heavy atom. The minimum atomic E-state index is -0.620. The van der Waals surface area contributed by atoms with Gasteiger partial charge in [-0.05, 0) is 21.5 Å². The number of halogens is 2. The van der Waals surface area contributed by atoms with Crippen LogP contribution in [0.4, 0.5) is 4.39 Å². The predicted molar refractivity (Wildman–Crippen MR) is 60.8 cm³/mol. The first-order valence-electron chi connectivity index (χ1n) is 4.63. The Morgan fingerprint density at radius 3 is 2.62 bits per heavy atom. The molecule has 0 N–H and O–H groups in total. The molecule has 0 bridgehead atoms. The standard InChI is InChI=1S/C11H8BrFN2O/c12-11-10(13)9(7-16)14-15(11)6-8-4-2-1-3-5-8/h1-5,7H,6H2. The van der Waals surface area contributed by atoms with Crippen LogP contribution in [0.1, 0.15) is 16.1 Å². The van der Waals surface area contributed by atoms with Gasteiger partial charge in [-0.2, -0.15) is 5.10 Å². The second kappa shape index (κ2) is 4.57. The number of aromatic nitrogens is 2. The summed E-state index contributed by atoms with van der Waals surface area (Å²) in [6.45, 7) is 0.423. The van der Waals surface area contributed by atoms with Crippen LogP contribution in [0.2, 0.25) is 0 Å². The molecule has 16 heavy (non-hydrogen) atoms. The summed E-state index contributed by atoms with van der Waals surface area (Å²) in [5.41, 5.74) is 0.811. The van der Waals surface area contributed by atoms with Crippen LogP contribution in [0.3, 0.4) is 0 Å². The average Bonchev–Trinajstić information content (AvgIpc) is 2.58. The van der Waals surface area contributed by atoms with Crippen LogP contribution in [-0.4, -0.2) is 16.1 Å². The molecule has 0 saturated carbocycles. The fourth-order valence-corrected chi connectivity index (χ4v) is 1.78. The maximum Gasteiger partial charge on any atom is 0.186 e. The van der Waals surface area contributed by atoms with Gasteiger partial charge in [0.2, 0.25) is 0 Å². The fraction of sp³-hybridized carbons (Fsp3) is 0.0909. The van der Waals surface area contributed by atoms with Gasteiger partial charge in [0, 0.05) is 0 Å². The summed E-state index contributed by atoms with van der Waals surface area (Å²) in [7, 11) is 0. The third-order valence-electron chi connectivity index (χ3n) is 2.15. The van der Waals surface area contributed by atoms with E-state index in [4.69, 9.17) is 0 Å². The molecule has 0 spiro atoms. The molecule has 3 nitrogen and oxygen atoms in total. The van der Waals surface area contributed by atoms with E-state index in [1.807, 2.05) is 30.3 Å². The zero-order valence-corrected chi connectivity index (χ0v) is 9.82. The maximum atomic E-state index is 13.4. The number of carbonyl (C=O) groups is 1.